The van der Waals surface area contributed by atoms with E-state index in [0.717, 1.165) is 12.5 Å². The topological polar surface area (TPSA) is 12.0 Å². The number of hydrogen-bond donors (Lipinski definition) is 1. The van der Waals surface area contributed by atoms with Gasteiger partial charge in [-0.25, -0.2) is 0 Å². The van der Waals surface area contributed by atoms with E-state index in [2.05, 4.69) is 59.1 Å². The van der Waals surface area contributed by atoms with Crippen LogP contribution >= 0.6 is 22.6 Å². The molecule has 100 valence electrons. The summed E-state index contributed by atoms with van der Waals surface area (Å²) < 4.78 is 1.33. The highest BCUT2D eigenvalue weighted by Crippen LogP contribution is 2.33. The third-order valence-electron chi connectivity index (χ3n) is 4.02. The molecule has 1 N–H and O–H groups in total. The molecule has 0 heterocycles. The fourth-order valence-corrected chi connectivity index (χ4v) is 3.45. The van der Waals surface area contributed by atoms with Crippen LogP contribution in [0, 0.1) is 9.49 Å². The second-order valence-electron chi connectivity index (χ2n) is 5.34. The molecule has 0 aliphatic heterocycles. The first-order chi connectivity index (χ1) is 8.81. The van der Waals surface area contributed by atoms with Crippen LogP contribution in [-0.4, -0.2) is 6.54 Å². The van der Waals surface area contributed by atoms with Gasteiger partial charge in [0.15, 0.2) is 0 Å². The van der Waals surface area contributed by atoms with Crippen LogP contribution in [-0.2, 0) is 0 Å². The third kappa shape index (κ3) is 3.95. The highest BCUT2D eigenvalue weighted by atomic mass is 127. The van der Waals surface area contributed by atoms with Crippen LogP contribution in [0.15, 0.2) is 24.3 Å². The molecule has 1 aliphatic carbocycles. The molecule has 1 aromatic rings. The lowest BCUT2D eigenvalue weighted by molar-refractivity contribution is 0.330. The molecule has 0 aromatic heterocycles. The van der Waals surface area contributed by atoms with Crippen molar-refractivity contribution in [2.45, 2.75) is 51.5 Å². The van der Waals surface area contributed by atoms with Gasteiger partial charge in [0.1, 0.15) is 0 Å². The SMILES string of the molecule is CCNC(c1ccc(I)cc1)C1CCCCCC1. The quantitative estimate of drug-likeness (QED) is 0.596. The summed E-state index contributed by atoms with van der Waals surface area (Å²) in [6, 6.07) is 9.64. The number of benzene rings is 1. The maximum absolute atomic E-state index is 3.71. The molecule has 0 radical (unpaired) electrons. The molecule has 1 fully saturated rings. The predicted octanol–water partition coefficient (Wildman–Crippen LogP) is 4.91. The van der Waals surface area contributed by atoms with Crippen molar-refractivity contribution in [3.05, 3.63) is 33.4 Å². The summed E-state index contributed by atoms with van der Waals surface area (Å²) >= 11 is 2.38. The van der Waals surface area contributed by atoms with Crippen LogP contribution in [0.25, 0.3) is 0 Å². The van der Waals surface area contributed by atoms with Crippen molar-refractivity contribution in [3.8, 4) is 0 Å². The first-order valence-corrected chi connectivity index (χ1v) is 8.38. The molecule has 1 unspecified atom stereocenters. The molecule has 1 aliphatic rings. The Hall–Kier alpha value is -0.0900. The Morgan fingerprint density at radius 3 is 2.28 bits per heavy atom. The highest BCUT2D eigenvalue weighted by Gasteiger charge is 2.23. The Labute approximate surface area is 125 Å². The summed E-state index contributed by atoms with van der Waals surface area (Å²) in [5.41, 5.74) is 1.48. The molecule has 0 amide bonds. The Morgan fingerprint density at radius 2 is 1.72 bits per heavy atom. The van der Waals surface area contributed by atoms with Gasteiger partial charge in [0.05, 0.1) is 0 Å². The van der Waals surface area contributed by atoms with Crippen molar-refractivity contribution >= 4 is 22.6 Å². The fourth-order valence-electron chi connectivity index (χ4n) is 3.09. The average Bonchev–Trinajstić information content (AvgIpc) is 2.66. The second-order valence-corrected chi connectivity index (χ2v) is 6.58. The van der Waals surface area contributed by atoms with Gasteiger partial charge in [-0.1, -0.05) is 44.7 Å². The largest absolute Gasteiger partial charge is 0.310 e. The van der Waals surface area contributed by atoms with E-state index in [4.69, 9.17) is 0 Å². The van der Waals surface area contributed by atoms with Gasteiger partial charge >= 0.3 is 0 Å². The maximum Gasteiger partial charge on any atom is 0.0348 e. The van der Waals surface area contributed by atoms with E-state index in [0.29, 0.717) is 6.04 Å². The Bertz CT molecular complexity index is 339. The Balaban J connectivity index is 2.12. The second kappa shape index (κ2) is 7.49. The van der Waals surface area contributed by atoms with E-state index in [-0.39, 0.29) is 0 Å². The standard InChI is InChI=1S/C16H24IN/c1-2-18-16(13-7-5-3-4-6-8-13)14-9-11-15(17)12-10-14/h9-13,16,18H,2-8H2,1H3. The zero-order chi connectivity index (χ0) is 12.8. The molecule has 18 heavy (non-hydrogen) atoms. The van der Waals surface area contributed by atoms with Gasteiger partial charge in [0.2, 0.25) is 0 Å². The number of nitrogens with one attached hydrogen (secondary N) is 1. The van der Waals surface area contributed by atoms with Gasteiger partial charge in [-0.15, -0.1) is 0 Å². The van der Waals surface area contributed by atoms with Gasteiger partial charge in [-0.3, -0.25) is 0 Å². The van der Waals surface area contributed by atoms with E-state index >= 15 is 0 Å². The van der Waals surface area contributed by atoms with Gasteiger partial charge in [-0.2, -0.15) is 0 Å². The van der Waals surface area contributed by atoms with E-state index in [1.54, 1.807) is 0 Å². The summed E-state index contributed by atoms with van der Waals surface area (Å²) in [7, 11) is 0. The van der Waals surface area contributed by atoms with E-state index in [9.17, 15) is 0 Å². The van der Waals surface area contributed by atoms with Crippen LogP contribution < -0.4 is 5.32 Å². The summed E-state index contributed by atoms with van der Waals surface area (Å²) in [6.07, 6.45) is 8.48. The molecular formula is C16H24IN. The summed E-state index contributed by atoms with van der Waals surface area (Å²) in [6.45, 7) is 3.28. The van der Waals surface area contributed by atoms with Crippen LogP contribution in [0.2, 0.25) is 0 Å². The van der Waals surface area contributed by atoms with Crippen LogP contribution in [0.3, 0.4) is 0 Å². The number of rotatable bonds is 4. The summed E-state index contributed by atoms with van der Waals surface area (Å²) in [5.74, 6) is 0.826. The third-order valence-corrected chi connectivity index (χ3v) is 4.74. The van der Waals surface area contributed by atoms with Crippen LogP contribution in [0.1, 0.15) is 57.1 Å². The van der Waals surface area contributed by atoms with E-state index < -0.39 is 0 Å². The van der Waals surface area contributed by atoms with Gasteiger partial charge in [-0.05, 0) is 65.6 Å². The van der Waals surface area contributed by atoms with Gasteiger partial charge < -0.3 is 5.32 Å². The average molecular weight is 357 g/mol. The predicted molar refractivity (Wildman–Crippen MR) is 86.8 cm³/mol. The van der Waals surface area contributed by atoms with Gasteiger partial charge in [0.25, 0.3) is 0 Å². The Morgan fingerprint density at radius 1 is 1.11 bits per heavy atom. The molecule has 1 atom stereocenters. The minimum atomic E-state index is 0.560. The van der Waals surface area contributed by atoms with Crippen LogP contribution in [0.4, 0.5) is 0 Å². The van der Waals surface area contributed by atoms with Crippen molar-refractivity contribution in [2.75, 3.05) is 6.54 Å². The molecule has 1 saturated carbocycles. The minimum absolute atomic E-state index is 0.560. The van der Waals surface area contributed by atoms with Crippen molar-refractivity contribution in [2.24, 2.45) is 5.92 Å². The normalized spacial score (nSPS) is 19.4. The lowest BCUT2D eigenvalue weighted by atomic mass is 9.87. The zero-order valence-corrected chi connectivity index (χ0v) is 13.4. The smallest absolute Gasteiger partial charge is 0.0348 e. The highest BCUT2D eigenvalue weighted by molar-refractivity contribution is 14.1. The maximum atomic E-state index is 3.71. The van der Waals surface area contributed by atoms with E-state index in [1.807, 2.05) is 0 Å². The minimum Gasteiger partial charge on any atom is -0.310 e. The number of halogens is 1. The summed E-state index contributed by atoms with van der Waals surface area (Å²) in [5, 5.41) is 3.71. The lowest BCUT2D eigenvalue weighted by Gasteiger charge is -2.27. The monoisotopic (exact) mass is 357 g/mol. The van der Waals surface area contributed by atoms with Crippen LogP contribution in [0.5, 0.6) is 0 Å². The first kappa shape index (κ1) is 14.3. The molecule has 1 aromatic carbocycles. The molecule has 1 nitrogen and oxygen atoms in total. The zero-order valence-electron chi connectivity index (χ0n) is 11.3. The first-order valence-electron chi connectivity index (χ1n) is 7.30. The van der Waals surface area contributed by atoms with E-state index in [1.165, 1.54) is 47.7 Å². The lowest BCUT2D eigenvalue weighted by Crippen LogP contribution is -2.28. The molecule has 2 rings (SSSR count). The number of hydrogen-bond acceptors (Lipinski definition) is 1. The van der Waals surface area contributed by atoms with Crippen molar-refractivity contribution in [1.29, 1.82) is 0 Å². The molecule has 0 saturated heterocycles. The van der Waals surface area contributed by atoms with Gasteiger partial charge in [0, 0.05) is 9.61 Å². The molecular weight excluding hydrogens is 333 g/mol. The molecule has 0 spiro atoms. The summed E-state index contributed by atoms with van der Waals surface area (Å²) in [4.78, 5) is 0. The van der Waals surface area contributed by atoms with Crippen molar-refractivity contribution < 1.29 is 0 Å². The van der Waals surface area contributed by atoms with Crippen molar-refractivity contribution in [3.63, 3.8) is 0 Å². The Kier molecular flexibility index (Phi) is 5.96. The van der Waals surface area contributed by atoms with Crippen molar-refractivity contribution in [1.82, 2.24) is 5.32 Å². The molecule has 0 bridgehead atoms. The fraction of sp³-hybridized carbons (Fsp3) is 0.625. The molecule has 2 heteroatoms.